The highest BCUT2D eigenvalue weighted by Gasteiger charge is 2.14. The van der Waals surface area contributed by atoms with Crippen LogP contribution in [0.2, 0.25) is 0 Å². The lowest BCUT2D eigenvalue weighted by atomic mass is 9.84. The van der Waals surface area contributed by atoms with E-state index in [-0.39, 0.29) is 0 Å². The monoisotopic (exact) mass is 401 g/mol. The summed E-state index contributed by atoms with van der Waals surface area (Å²) in [6, 6.07) is 0. The molecule has 0 bridgehead atoms. The maximum Gasteiger partial charge on any atom is -0.0371 e. The molecule has 0 amide bonds. The summed E-state index contributed by atoms with van der Waals surface area (Å²) >= 11 is 0. The van der Waals surface area contributed by atoms with E-state index >= 15 is 0 Å². The van der Waals surface area contributed by atoms with E-state index in [2.05, 4.69) is 118 Å². The Morgan fingerprint density at radius 2 is 0.536 bits per heavy atom. The molecule has 176 valence electrons. The molecule has 0 N–H and O–H groups in total. The first-order chi connectivity index (χ1) is 12.6. The topological polar surface area (TPSA) is 0 Å². The highest BCUT2D eigenvalue weighted by atomic mass is 14.2. The van der Waals surface area contributed by atoms with E-state index in [1.54, 1.807) is 0 Å². The molecule has 0 nitrogen and oxygen atoms in total. The largest absolute Gasteiger partial charge is 0.0656 e. The van der Waals surface area contributed by atoms with Gasteiger partial charge in [0, 0.05) is 0 Å². The molecule has 28 heavy (non-hydrogen) atoms. The molecule has 0 unspecified atom stereocenters. The van der Waals surface area contributed by atoms with E-state index < -0.39 is 0 Å². The van der Waals surface area contributed by atoms with E-state index in [0.717, 1.165) is 53.3 Å². The second-order valence-corrected chi connectivity index (χ2v) is 11.0. The minimum absolute atomic E-state index is 0.843. The summed E-state index contributed by atoms with van der Waals surface area (Å²) in [4.78, 5) is 0. The molecule has 0 aromatic carbocycles. The Hall–Kier alpha value is 0. The lowest BCUT2D eigenvalue weighted by Crippen LogP contribution is -2.13. The molecule has 0 atom stereocenters. The van der Waals surface area contributed by atoms with Crippen LogP contribution in [0.15, 0.2) is 0 Å². The molecule has 0 aliphatic carbocycles. The average Bonchev–Trinajstić information content (AvgIpc) is 2.54. The van der Waals surface area contributed by atoms with Crippen molar-refractivity contribution in [2.24, 2.45) is 53.3 Å². The van der Waals surface area contributed by atoms with Crippen LogP contribution in [0.1, 0.15) is 131 Å². The van der Waals surface area contributed by atoms with Crippen molar-refractivity contribution in [1.82, 2.24) is 0 Å². The Kier molecular flexibility index (Phi) is 27.5. The predicted octanol–water partition coefficient (Wildman–Crippen LogP) is 10.6. The van der Waals surface area contributed by atoms with Crippen LogP contribution in [0.25, 0.3) is 0 Å². The fourth-order valence-electron chi connectivity index (χ4n) is 3.25. The smallest absolute Gasteiger partial charge is 0.0371 e. The molecule has 0 radical (unpaired) electrons. The van der Waals surface area contributed by atoms with E-state index in [1.807, 2.05) is 0 Å². The van der Waals surface area contributed by atoms with Crippen molar-refractivity contribution in [1.29, 1.82) is 0 Å². The van der Waals surface area contributed by atoms with Gasteiger partial charge in [-0.05, 0) is 53.3 Å². The lowest BCUT2D eigenvalue weighted by molar-refractivity contribution is 0.279. The standard InChI is InChI=1S/C9H20.2C8H18.C3H8/c1-6-9(7(2)3)8(4)5;2*1-6(2)8(5)7(3)4;1-3-2/h7-9H,6H2,1-5H3;2*6-8H,1-5H3;3H2,1-2H3. The summed E-state index contributed by atoms with van der Waals surface area (Å²) in [5.74, 6) is 7.75. The summed E-state index contributed by atoms with van der Waals surface area (Å²) in [7, 11) is 0. The number of hydrogen-bond acceptors (Lipinski definition) is 0. The maximum atomic E-state index is 2.31. The van der Waals surface area contributed by atoms with Gasteiger partial charge >= 0.3 is 0 Å². The third kappa shape index (κ3) is 24.0. The molecule has 0 heterocycles. The van der Waals surface area contributed by atoms with Crippen LogP contribution in [0.3, 0.4) is 0 Å². The van der Waals surface area contributed by atoms with Crippen molar-refractivity contribution in [2.75, 3.05) is 0 Å². The van der Waals surface area contributed by atoms with Crippen LogP contribution in [0.4, 0.5) is 0 Å². The quantitative estimate of drug-likeness (QED) is 0.398. The van der Waals surface area contributed by atoms with E-state index in [1.165, 1.54) is 12.8 Å². The van der Waals surface area contributed by atoms with Gasteiger partial charge < -0.3 is 0 Å². The summed E-state index contributed by atoms with van der Waals surface area (Å²) in [5, 5.41) is 0. The first-order valence-electron chi connectivity index (χ1n) is 12.6. The molecule has 0 spiro atoms. The van der Waals surface area contributed by atoms with Gasteiger partial charge in [-0.15, -0.1) is 0 Å². The zero-order valence-electron chi connectivity index (χ0n) is 23.6. The van der Waals surface area contributed by atoms with Crippen LogP contribution >= 0.6 is 0 Å². The molecule has 0 aromatic heterocycles. The molecule has 0 aliphatic heterocycles. The zero-order chi connectivity index (χ0) is 23.6. The normalized spacial score (nSPS) is 11.4. The maximum absolute atomic E-state index is 2.31. The molecule has 0 heteroatoms. The van der Waals surface area contributed by atoms with Crippen LogP contribution in [0.5, 0.6) is 0 Å². The highest BCUT2D eigenvalue weighted by molar-refractivity contribution is 4.64. The van der Waals surface area contributed by atoms with Crippen molar-refractivity contribution in [3.05, 3.63) is 0 Å². The Labute approximate surface area is 184 Å². The fourth-order valence-corrected chi connectivity index (χ4v) is 3.25. The third-order valence-corrected chi connectivity index (χ3v) is 6.39. The van der Waals surface area contributed by atoms with Gasteiger partial charge in [-0.3, -0.25) is 0 Å². The summed E-state index contributed by atoms with van der Waals surface area (Å²) in [6.07, 6.45) is 2.58. The molecule has 0 fully saturated rings. The Bertz CT molecular complexity index is 228. The van der Waals surface area contributed by atoms with E-state index in [0.29, 0.717) is 0 Å². The Morgan fingerprint density at radius 1 is 0.357 bits per heavy atom. The van der Waals surface area contributed by atoms with Gasteiger partial charge in [0.1, 0.15) is 0 Å². The van der Waals surface area contributed by atoms with E-state index in [9.17, 15) is 0 Å². The van der Waals surface area contributed by atoms with Crippen molar-refractivity contribution in [3.63, 3.8) is 0 Å². The first kappa shape index (κ1) is 35.4. The minimum Gasteiger partial charge on any atom is -0.0656 e. The lowest BCUT2D eigenvalue weighted by Gasteiger charge is -2.22. The van der Waals surface area contributed by atoms with Gasteiger partial charge in [-0.2, -0.15) is 0 Å². The molecule has 0 aliphatic rings. The first-order valence-corrected chi connectivity index (χ1v) is 12.6. The van der Waals surface area contributed by atoms with Crippen molar-refractivity contribution in [2.45, 2.75) is 131 Å². The minimum atomic E-state index is 0.843. The van der Waals surface area contributed by atoms with Gasteiger partial charge in [0.2, 0.25) is 0 Å². The molecular weight excluding hydrogens is 336 g/mol. The van der Waals surface area contributed by atoms with Crippen LogP contribution in [0, 0.1) is 53.3 Å². The van der Waals surface area contributed by atoms with Crippen molar-refractivity contribution < 1.29 is 0 Å². The Balaban J connectivity index is -0.000000144. The second-order valence-electron chi connectivity index (χ2n) is 11.0. The molecular formula is C28H64. The third-order valence-electron chi connectivity index (χ3n) is 6.39. The zero-order valence-corrected chi connectivity index (χ0v) is 23.6. The summed E-state index contributed by atoms with van der Waals surface area (Å²) in [6.45, 7) is 38.7. The predicted molar refractivity (Wildman–Crippen MR) is 137 cm³/mol. The second kappa shape index (κ2) is 21.7. The SMILES string of the molecule is CC(C)C(C)C(C)C.CC(C)C(C)C(C)C.CCC.CCC(C(C)C)C(C)C. The fraction of sp³-hybridized carbons (Fsp3) is 1.00. The summed E-state index contributed by atoms with van der Waals surface area (Å²) in [5.41, 5.74) is 0. The van der Waals surface area contributed by atoms with Gasteiger partial charge in [0.25, 0.3) is 0 Å². The van der Waals surface area contributed by atoms with Crippen molar-refractivity contribution >= 4 is 0 Å². The van der Waals surface area contributed by atoms with Gasteiger partial charge in [0.05, 0.1) is 0 Å². The van der Waals surface area contributed by atoms with Crippen LogP contribution < -0.4 is 0 Å². The van der Waals surface area contributed by atoms with Gasteiger partial charge in [0.15, 0.2) is 0 Å². The molecule has 0 rings (SSSR count). The average molecular weight is 401 g/mol. The van der Waals surface area contributed by atoms with Gasteiger partial charge in [-0.1, -0.05) is 131 Å². The number of hydrogen-bond donors (Lipinski definition) is 0. The van der Waals surface area contributed by atoms with E-state index in [4.69, 9.17) is 0 Å². The number of rotatable bonds is 7. The highest BCUT2D eigenvalue weighted by Crippen LogP contribution is 2.23. The van der Waals surface area contributed by atoms with Crippen LogP contribution in [-0.2, 0) is 0 Å². The van der Waals surface area contributed by atoms with Crippen LogP contribution in [-0.4, -0.2) is 0 Å². The van der Waals surface area contributed by atoms with Gasteiger partial charge in [-0.25, -0.2) is 0 Å². The molecule has 0 saturated heterocycles. The van der Waals surface area contributed by atoms with Crippen molar-refractivity contribution in [3.8, 4) is 0 Å². The Morgan fingerprint density at radius 3 is 0.536 bits per heavy atom. The molecule has 0 saturated carbocycles. The summed E-state index contributed by atoms with van der Waals surface area (Å²) < 4.78 is 0. The molecule has 0 aromatic rings.